The average molecular weight is 584 g/mol. The number of hydrogen-bond donors (Lipinski definition) is 0. The fourth-order valence-electron chi connectivity index (χ4n) is 3.52. The Kier molecular flexibility index (Phi) is 14.1. The van der Waals surface area contributed by atoms with Gasteiger partial charge >= 0.3 is 0 Å². The van der Waals surface area contributed by atoms with E-state index in [9.17, 15) is 9.59 Å². The van der Waals surface area contributed by atoms with Gasteiger partial charge in [0.25, 0.3) is 0 Å². The van der Waals surface area contributed by atoms with E-state index in [0.29, 0.717) is 25.6 Å². The molecular formula is C36H41NO6. The molecule has 0 amide bonds. The Morgan fingerprint density at radius 1 is 0.628 bits per heavy atom. The van der Waals surface area contributed by atoms with E-state index in [1.54, 1.807) is 6.20 Å². The number of para-hydroxylation sites is 1. The van der Waals surface area contributed by atoms with Gasteiger partial charge in [-0.05, 0) is 42.0 Å². The minimum atomic E-state index is 0.00986. The van der Waals surface area contributed by atoms with E-state index < -0.39 is 0 Å². The van der Waals surface area contributed by atoms with Crippen LogP contribution in [0.25, 0.3) is 11.3 Å². The fraction of sp³-hybridized carbons (Fsp3) is 0.306. The molecule has 0 bridgehead atoms. The van der Waals surface area contributed by atoms with E-state index in [1.165, 1.54) is 0 Å². The number of Topliss-reactive ketones (excluding diaryl/α,β-unsaturated/α-hetero) is 2. The van der Waals surface area contributed by atoms with Gasteiger partial charge in [-0.15, -0.1) is 0 Å². The first-order chi connectivity index (χ1) is 20.8. The Morgan fingerprint density at radius 2 is 1.19 bits per heavy atom. The van der Waals surface area contributed by atoms with Gasteiger partial charge in [0, 0.05) is 17.4 Å². The highest BCUT2D eigenvalue weighted by Crippen LogP contribution is 2.21. The summed E-state index contributed by atoms with van der Waals surface area (Å²) in [6.45, 7) is 9.01. The van der Waals surface area contributed by atoms with E-state index in [-0.39, 0.29) is 36.6 Å². The Bertz CT molecular complexity index is 1350. The molecule has 7 heteroatoms. The highest BCUT2D eigenvalue weighted by molar-refractivity contribution is 5.81. The van der Waals surface area contributed by atoms with E-state index in [2.05, 4.69) is 4.98 Å². The predicted molar refractivity (Wildman–Crippen MR) is 168 cm³/mol. The van der Waals surface area contributed by atoms with Crippen molar-refractivity contribution in [3.8, 4) is 28.5 Å². The third-order valence-corrected chi connectivity index (χ3v) is 6.25. The molecule has 0 saturated heterocycles. The van der Waals surface area contributed by atoms with Crippen LogP contribution in [0.1, 0.15) is 33.3 Å². The summed E-state index contributed by atoms with van der Waals surface area (Å²) in [4.78, 5) is 27.2. The highest BCUT2D eigenvalue weighted by Gasteiger charge is 2.08. The molecule has 226 valence electrons. The third kappa shape index (κ3) is 12.6. The van der Waals surface area contributed by atoms with Gasteiger partial charge < -0.3 is 18.9 Å². The lowest BCUT2D eigenvalue weighted by Gasteiger charge is -2.08. The number of nitrogens with zero attached hydrogens (tertiary/aromatic N) is 1. The van der Waals surface area contributed by atoms with Crippen molar-refractivity contribution in [1.29, 1.82) is 0 Å². The molecule has 3 aromatic carbocycles. The van der Waals surface area contributed by atoms with Crippen molar-refractivity contribution in [2.75, 3.05) is 26.4 Å². The molecule has 0 aliphatic carbocycles. The summed E-state index contributed by atoms with van der Waals surface area (Å²) >= 11 is 0. The van der Waals surface area contributed by atoms with Gasteiger partial charge in [-0.2, -0.15) is 0 Å². The van der Waals surface area contributed by atoms with E-state index in [0.717, 1.165) is 28.3 Å². The topological polar surface area (TPSA) is 84.0 Å². The zero-order valence-corrected chi connectivity index (χ0v) is 25.4. The summed E-state index contributed by atoms with van der Waals surface area (Å²) < 4.78 is 21.9. The molecule has 0 N–H and O–H groups in total. The fourth-order valence-corrected chi connectivity index (χ4v) is 3.52. The van der Waals surface area contributed by atoms with Crippen LogP contribution < -0.4 is 9.47 Å². The van der Waals surface area contributed by atoms with Crippen LogP contribution in [0.2, 0.25) is 0 Å². The Balaban J connectivity index is 0.000000236. The molecule has 0 radical (unpaired) electrons. The van der Waals surface area contributed by atoms with Crippen LogP contribution in [0.15, 0.2) is 103 Å². The molecular weight excluding hydrogens is 542 g/mol. The van der Waals surface area contributed by atoms with Crippen molar-refractivity contribution >= 4 is 11.6 Å². The number of ketones is 2. The van der Waals surface area contributed by atoms with Crippen molar-refractivity contribution < 1.29 is 28.5 Å². The Morgan fingerprint density at radius 3 is 1.77 bits per heavy atom. The summed E-state index contributed by atoms with van der Waals surface area (Å²) in [5.41, 5.74) is 3.00. The maximum atomic E-state index is 11.4. The number of pyridine rings is 1. The molecule has 0 spiro atoms. The van der Waals surface area contributed by atoms with Crippen molar-refractivity contribution in [3.05, 3.63) is 109 Å². The van der Waals surface area contributed by atoms with Crippen LogP contribution in [0.4, 0.5) is 0 Å². The summed E-state index contributed by atoms with van der Waals surface area (Å²) in [7, 11) is 0. The molecule has 0 fully saturated rings. The lowest BCUT2D eigenvalue weighted by molar-refractivity contribution is -0.127. The lowest BCUT2D eigenvalue weighted by Crippen LogP contribution is -2.17. The van der Waals surface area contributed by atoms with Gasteiger partial charge in [0.1, 0.15) is 37.1 Å². The Hall–Kier alpha value is -4.33. The zero-order chi connectivity index (χ0) is 30.9. The molecule has 1 heterocycles. The number of carbonyl (C=O) groups is 2. The molecule has 0 saturated carbocycles. The standard InChI is InChI=1S/C18H21NO3.C18H20O3/c1-14(2)18(20)13-21-10-11-22-16-8-9-17(19-12-16)15-6-4-3-5-7-15;1-14(2)18(19)13-20-12-15-8-10-17(11-9-15)21-16-6-4-3-5-7-16/h3-9,12,14H,10-11,13H2,1-2H3;3-11,14H,12-13H2,1-2H3. The second-order valence-electron chi connectivity index (χ2n) is 10.4. The molecule has 1 aromatic heterocycles. The smallest absolute Gasteiger partial charge is 0.160 e. The largest absolute Gasteiger partial charge is 0.490 e. The number of benzene rings is 3. The SMILES string of the molecule is CC(C)C(=O)COCCOc1ccc(-c2ccccc2)nc1.CC(C)C(=O)COCc1ccc(Oc2ccccc2)cc1. The summed E-state index contributed by atoms with van der Waals surface area (Å²) in [6, 6.07) is 31.1. The van der Waals surface area contributed by atoms with Crippen molar-refractivity contribution in [2.24, 2.45) is 11.8 Å². The summed E-state index contributed by atoms with van der Waals surface area (Å²) in [5.74, 6) is 2.54. The first-order valence-corrected chi connectivity index (χ1v) is 14.5. The number of rotatable bonds is 15. The summed E-state index contributed by atoms with van der Waals surface area (Å²) in [5, 5.41) is 0. The molecule has 7 nitrogen and oxygen atoms in total. The average Bonchev–Trinajstić information content (AvgIpc) is 3.03. The second kappa shape index (κ2) is 18.3. The van der Waals surface area contributed by atoms with Gasteiger partial charge in [0.15, 0.2) is 11.6 Å². The van der Waals surface area contributed by atoms with Gasteiger partial charge in [-0.1, -0.05) is 88.4 Å². The molecule has 4 rings (SSSR count). The molecule has 0 unspecified atom stereocenters. The predicted octanol–water partition coefficient (Wildman–Crippen LogP) is 7.59. The maximum Gasteiger partial charge on any atom is 0.160 e. The van der Waals surface area contributed by atoms with Crippen LogP contribution in [-0.2, 0) is 25.7 Å². The molecule has 0 aliphatic rings. The number of hydrogen-bond acceptors (Lipinski definition) is 7. The van der Waals surface area contributed by atoms with Gasteiger partial charge in [0.2, 0.25) is 0 Å². The molecule has 4 aromatic rings. The van der Waals surface area contributed by atoms with Crippen LogP contribution in [0, 0.1) is 11.8 Å². The van der Waals surface area contributed by atoms with Crippen LogP contribution in [0.5, 0.6) is 17.2 Å². The molecule has 0 atom stereocenters. The van der Waals surface area contributed by atoms with Gasteiger partial charge in [-0.3, -0.25) is 14.6 Å². The lowest BCUT2D eigenvalue weighted by atomic mass is 10.1. The Labute approximate surface area is 254 Å². The molecule has 0 aliphatic heterocycles. The quantitative estimate of drug-likeness (QED) is 0.133. The molecule has 43 heavy (non-hydrogen) atoms. The first-order valence-electron chi connectivity index (χ1n) is 14.5. The van der Waals surface area contributed by atoms with Crippen LogP contribution >= 0.6 is 0 Å². The van der Waals surface area contributed by atoms with Crippen molar-refractivity contribution in [3.63, 3.8) is 0 Å². The second-order valence-corrected chi connectivity index (χ2v) is 10.4. The van der Waals surface area contributed by atoms with Crippen molar-refractivity contribution in [2.45, 2.75) is 34.3 Å². The van der Waals surface area contributed by atoms with E-state index in [4.69, 9.17) is 18.9 Å². The monoisotopic (exact) mass is 583 g/mol. The van der Waals surface area contributed by atoms with Gasteiger partial charge in [-0.25, -0.2) is 0 Å². The minimum Gasteiger partial charge on any atom is -0.490 e. The van der Waals surface area contributed by atoms with E-state index in [1.807, 2.05) is 125 Å². The summed E-state index contributed by atoms with van der Waals surface area (Å²) in [6.07, 6.45) is 1.70. The first kappa shape index (κ1) is 33.2. The third-order valence-electron chi connectivity index (χ3n) is 6.25. The maximum absolute atomic E-state index is 11.4. The highest BCUT2D eigenvalue weighted by atomic mass is 16.5. The number of aromatic nitrogens is 1. The van der Waals surface area contributed by atoms with Crippen molar-refractivity contribution in [1.82, 2.24) is 4.98 Å². The van der Waals surface area contributed by atoms with Crippen LogP contribution in [0.3, 0.4) is 0 Å². The minimum absolute atomic E-state index is 0.00986. The van der Waals surface area contributed by atoms with E-state index >= 15 is 0 Å². The number of carbonyl (C=O) groups excluding carboxylic acids is 2. The number of ether oxygens (including phenoxy) is 4. The zero-order valence-electron chi connectivity index (χ0n) is 25.4. The van der Waals surface area contributed by atoms with Gasteiger partial charge in [0.05, 0.1) is 25.1 Å². The normalized spacial score (nSPS) is 10.7. The van der Waals surface area contributed by atoms with Crippen LogP contribution in [-0.4, -0.2) is 43.0 Å².